The Morgan fingerprint density at radius 2 is 0.860 bits per heavy atom. The first kappa shape index (κ1) is 32.3. The number of rotatable bonds is 5. The van der Waals surface area contributed by atoms with Crippen LogP contribution in [0.25, 0.3) is 55.3 Å². The fourth-order valence-electron chi connectivity index (χ4n) is 10.7. The fraction of sp³-hybridized carbons (Fsp3) is 0.0714. The Labute approximate surface area is 334 Å². The van der Waals surface area contributed by atoms with Crippen LogP contribution in [0.2, 0.25) is 0 Å². The van der Waals surface area contributed by atoms with Crippen LogP contribution < -0.4 is 4.90 Å². The fourth-order valence-corrected chi connectivity index (χ4v) is 10.7. The molecule has 0 saturated carbocycles. The van der Waals surface area contributed by atoms with Crippen LogP contribution in [0.3, 0.4) is 0 Å². The van der Waals surface area contributed by atoms with Crippen LogP contribution in [-0.2, 0) is 10.8 Å². The topological polar surface area (TPSA) is 3.24 Å². The number of anilines is 3. The number of fused-ring (bicyclic) bond motifs is 10. The van der Waals surface area contributed by atoms with Crippen molar-refractivity contribution >= 4 is 27.8 Å². The molecule has 1 nitrogen and oxygen atoms in total. The van der Waals surface area contributed by atoms with Crippen LogP contribution in [0.4, 0.5) is 17.1 Å². The minimum atomic E-state index is -0.300. The number of hydrogen-bond donors (Lipinski definition) is 0. The number of hydrogen-bond acceptors (Lipinski definition) is 1. The Bertz CT molecular complexity index is 3040. The van der Waals surface area contributed by atoms with Crippen molar-refractivity contribution in [1.29, 1.82) is 0 Å². The summed E-state index contributed by atoms with van der Waals surface area (Å²) in [6, 6.07) is 74.6. The average Bonchev–Trinajstić information content (AvgIpc) is 3.71. The van der Waals surface area contributed by atoms with Gasteiger partial charge in [0.15, 0.2) is 0 Å². The lowest BCUT2D eigenvalue weighted by molar-refractivity contribution is 0.660. The van der Waals surface area contributed by atoms with Crippen LogP contribution in [0, 0.1) is 0 Å². The maximum atomic E-state index is 2.47. The van der Waals surface area contributed by atoms with E-state index < -0.39 is 0 Å². The van der Waals surface area contributed by atoms with Crippen molar-refractivity contribution in [2.45, 2.75) is 24.7 Å². The van der Waals surface area contributed by atoms with E-state index >= 15 is 0 Å². The second-order valence-electron chi connectivity index (χ2n) is 16.4. The number of benzene rings is 9. The molecule has 0 N–H and O–H groups in total. The predicted octanol–water partition coefficient (Wildman–Crippen LogP) is 14.6. The van der Waals surface area contributed by atoms with E-state index in [1.807, 2.05) is 0 Å². The highest BCUT2D eigenvalue weighted by atomic mass is 15.1. The van der Waals surface area contributed by atoms with E-state index in [-0.39, 0.29) is 10.8 Å². The monoisotopic (exact) mass is 725 g/mol. The molecule has 0 radical (unpaired) electrons. The van der Waals surface area contributed by atoms with Crippen molar-refractivity contribution < 1.29 is 0 Å². The largest absolute Gasteiger partial charge is 0.310 e. The zero-order chi connectivity index (χ0) is 37.9. The van der Waals surface area contributed by atoms with Gasteiger partial charge in [0.05, 0.1) is 11.1 Å². The van der Waals surface area contributed by atoms with Crippen LogP contribution in [0.15, 0.2) is 200 Å². The lowest BCUT2D eigenvalue weighted by Gasteiger charge is -2.43. The van der Waals surface area contributed by atoms with Crippen molar-refractivity contribution in [2.24, 2.45) is 0 Å². The summed E-state index contributed by atoms with van der Waals surface area (Å²) in [5.74, 6) is 0. The van der Waals surface area contributed by atoms with E-state index in [0.29, 0.717) is 0 Å². The molecule has 1 heteroatoms. The highest BCUT2D eigenvalue weighted by molar-refractivity contribution is 6.07. The molecule has 3 aliphatic carbocycles. The Morgan fingerprint density at radius 3 is 1.56 bits per heavy atom. The molecule has 0 unspecified atom stereocenters. The van der Waals surface area contributed by atoms with Crippen LogP contribution >= 0.6 is 0 Å². The summed E-state index contributed by atoms with van der Waals surface area (Å²) in [6.07, 6.45) is 0. The van der Waals surface area contributed by atoms with E-state index in [1.54, 1.807) is 0 Å². The molecule has 0 aromatic heterocycles. The molecule has 0 fully saturated rings. The lowest BCUT2D eigenvalue weighted by Crippen LogP contribution is -2.36. The van der Waals surface area contributed by atoms with Crippen molar-refractivity contribution in [3.63, 3.8) is 0 Å². The predicted molar refractivity (Wildman–Crippen MR) is 238 cm³/mol. The zero-order valence-electron chi connectivity index (χ0n) is 32.0. The summed E-state index contributed by atoms with van der Waals surface area (Å²) in [5, 5.41) is 2.71. The Kier molecular flexibility index (Phi) is 6.67. The van der Waals surface area contributed by atoms with Gasteiger partial charge in [0, 0.05) is 22.4 Å². The Hall–Kier alpha value is -6.96. The van der Waals surface area contributed by atoms with Crippen molar-refractivity contribution in [3.05, 3.63) is 234 Å². The third-order valence-corrected chi connectivity index (χ3v) is 13.3. The van der Waals surface area contributed by atoms with Crippen molar-refractivity contribution in [3.8, 4) is 44.5 Å². The maximum Gasteiger partial charge on any atom is 0.0726 e. The van der Waals surface area contributed by atoms with Gasteiger partial charge >= 0.3 is 0 Å². The molecule has 9 aromatic carbocycles. The van der Waals surface area contributed by atoms with Gasteiger partial charge in [-0.25, -0.2) is 0 Å². The highest BCUT2D eigenvalue weighted by Gasteiger charge is 2.53. The zero-order valence-corrected chi connectivity index (χ0v) is 32.0. The summed E-state index contributed by atoms with van der Waals surface area (Å²) in [7, 11) is 0. The van der Waals surface area contributed by atoms with Gasteiger partial charge < -0.3 is 4.90 Å². The Morgan fingerprint density at radius 1 is 0.351 bits per heavy atom. The second kappa shape index (κ2) is 11.8. The van der Waals surface area contributed by atoms with Gasteiger partial charge in [0.1, 0.15) is 0 Å². The molecule has 0 heterocycles. The molecule has 0 saturated heterocycles. The second-order valence-corrected chi connectivity index (χ2v) is 16.4. The first-order valence-corrected chi connectivity index (χ1v) is 20.1. The molecule has 57 heavy (non-hydrogen) atoms. The third kappa shape index (κ3) is 4.34. The average molecular weight is 726 g/mol. The molecular formula is C56H39N. The highest BCUT2D eigenvalue weighted by Crippen LogP contribution is 2.65. The van der Waals surface area contributed by atoms with Gasteiger partial charge in [-0.1, -0.05) is 178 Å². The van der Waals surface area contributed by atoms with Gasteiger partial charge in [0.2, 0.25) is 0 Å². The minimum Gasteiger partial charge on any atom is -0.310 e. The SMILES string of the molecule is CC1(C)c2ccccc2-c2cc(-c3ccc(N(c4ccc(-c5ccccc5)cc4)c4cccc5c4-c4ccccc4C54c5cccc6cccc4c56)cc3)ccc21. The third-order valence-electron chi connectivity index (χ3n) is 13.3. The van der Waals surface area contributed by atoms with Crippen molar-refractivity contribution in [2.75, 3.05) is 4.90 Å². The summed E-state index contributed by atoms with van der Waals surface area (Å²) >= 11 is 0. The van der Waals surface area contributed by atoms with E-state index in [1.165, 1.54) is 94.3 Å². The van der Waals surface area contributed by atoms with Gasteiger partial charge in [0.25, 0.3) is 0 Å². The van der Waals surface area contributed by atoms with Gasteiger partial charge in [-0.05, 0) is 119 Å². The standard InChI is InChI=1S/C56H39N/c1-55(2)46-19-8-6-17-43(46)45-35-40(29-34-47(45)55)38-27-32-42(33-28-38)57(41-30-25-37(26-31-41)36-13-4-3-5-14-36)52-24-12-23-51-54(52)44-18-7-9-20-48(44)56(51)49-21-10-15-39-16-11-22-50(56)53(39)49/h3-35H,1-2H3. The molecule has 0 bridgehead atoms. The number of nitrogens with zero attached hydrogens (tertiary/aromatic N) is 1. The molecule has 3 aliphatic rings. The summed E-state index contributed by atoms with van der Waals surface area (Å²) < 4.78 is 0. The van der Waals surface area contributed by atoms with Crippen LogP contribution in [-0.4, -0.2) is 0 Å². The lowest BCUT2D eigenvalue weighted by atomic mass is 9.58. The van der Waals surface area contributed by atoms with Crippen molar-refractivity contribution in [1.82, 2.24) is 0 Å². The van der Waals surface area contributed by atoms with Crippen LogP contribution in [0.5, 0.6) is 0 Å². The molecule has 12 rings (SSSR count). The summed E-state index contributed by atoms with van der Waals surface area (Å²) in [6.45, 7) is 4.69. The quantitative estimate of drug-likeness (QED) is 0.171. The first-order valence-electron chi connectivity index (χ1n) is 20.1. The Balaban J connectivity index is 1.03. The molecule has 0 amide bonds. The molecule has 0 atom stereocenters. The smallest absolute Gasteiger partial charge is 0.0726 e. The first-order chi connectivity index (χ1) is 28.0. The molecular weight excluding hydrogens is 687 g/mol. The maximum absolute atomic E-state index is 2.47. The van der Waals surface area contributed by atoms with E-state index in [2.05, 4.69) is 219 Å². The van der Waals surface area contributed by atoms with E-state index in [0.717, 1.165) is 11.4 Å². The molecule has 9 aromatic rings. The minimum absolute atomic E-state index is 0.00785. The molecule has 268 valence electrons. The van der Waals surface area contributed by atoms with Gasteiger partial charge in [-0.3, -0.25) is 0 Å². The van der Waals surface area contributed by atoms with Crippen LogP contribution in [0.1, 0.15) is 47.2 Å². The van der Waals surface area contributed by atoms with Gasteiger partial charge in [-0.2, -0.15) is 0 Å². The molecule has 1 spiro atoms. The normalized spacial score (nSPS) is 14.4. The van der Waals surface area contributed by atoms with E-state index in [4.69, 9.17) is 0 Å². The summed E-state index contributed by atoms with van der Waals surface area (Å²) in [5.41, 5.74) is 21.6. The summed E-state index contributed by atoms with van der Waals surface area (Å²) in [4.78, 5) is 2.47. The van der Waals surface area contributed by atoms with Gasteiger partial charge in [-0.15, -0.1) is 0 Å². The molecule has 0 aliphatic heterocycles. The van der Waals surface area contributed by atoms with E-state index in [9.17, 15) is 0 Å².